The molecule has 2 heterocycles. The van der Waals surface area contributed by atoms with Crippen molar-refractivity contribution in [2.24, 2.45) is 7.05 Å². The Kier molecular flexibility index (Phi) is 4.16. The number of ether oxygens (including phenoxy) is 1. The zero-order valence-electron chi connectivity index (χ0n) is 14.3. The summed E-state index contributed by atoms with van der Waals surface area (Å²) < 4.78 is 20.4. The number of hydrogen-bond donors (Lipinski definition) is 1. The van der Waals surface area contributed by atoms with E-state index in [2.05, 4.69) is 10.4 Å². The van der Waals surface area contributed by atoms with Crippen LogP contribution in [0, 0.1) is 5.82 Å². The molecule has 1 aliphatic heterocycles. The fourth-order valence-corrected chi connectivity index (χ4v) is 3.18. The van der Waals surface area contributed by atoms with Gasteiger partial charge >= 0.3 is 0 Å². The number of rotatable bonds is 4. The maximum atomic E-state index is 12.9. The SMILES string of the molecule is Cn1ncc2c1NC(=O)C[C@@H]2c1ccc(OCc2ccc(F)cc2)cc1. The number of hydrogen-bond acceptors (Lipinski definition) is 3. The van der Waals surface area contributed by atoms with Gasteiger partial charge in [0.05, 0.1) is 6.20 Å². The summed E-state index contributed by atoms with van der Waals surface area (Å²) in [7, 11) is 1.81. The number of carbonyl (C=O) groups is 1. The summed E-state index contributed by atoms with van der Waals surface area (Å²) in [6, 6.07) is 14.0. The third kappa shape index (κ3) is 3.18. The lowest BCUT2D eigenvalue weighted by atomic mass is 9.87. The molecule has 0 spiro atoms. The number of benzene rings is 2. The van der Waals surface area contributed by atoms with Crippen LogP contribution in [0.15, 0.2) is 54.7 Å². The highest BCUT2D eigenvalue weighted by molar-refractivity contribution is 5.94. The van der Waals surface area contributed by atoms with Gasteiger partial charge in [0.25, 0.3) is 0 Å². The van der Waals surface area contributed by atoms with Crippen LogP contribution in [0.2, 0.25) is 0 Å². The lowest BCUT2D eigenvalue weighted by molar-refractivity contribution is -0.116. The third-order valence-corrected chi connectivity index (χ3v) is 4.59. The number of amides is 1. The van der Waals surface area contributed by atoms with Gasteiger partial charge in [0.2, 0.25) is 5.91 Å². The van der Waals surface area contributed by atoms with Crippen LogP contribution in [0.4, 0.5) is 10.2 Å². The molecule has 0 aliphatic carbocycles. The molecule has 6 heteroatoms. The molecule has 4 rings (SSSR count). The molecule has 5 nitrogen and oxygen atoms in total. The summed E-state index contributed by atoms with van der Waals surface area (Å²) in [5, 5.41) is 7.12. The molecule has 1 aromatic heterocycles. The number of aromatic nitrogens is 2. The molecular weight excluding hydrogens is 333 g/mol. The summed E-state index contributed by atoms with van der Waals surface area (Å²) >= 11 is 0. The zero-order chi connectivity index (χ0) is 18.1. The standard InChI is InChI=1S/C20H18FN3O2/c1-24-20-18(11-22-24)17(10-19(25)23-20)14-4-8-16(9-5-14)26-12-13-2-6-15(21)7-3-13/h2-9,11,17H,10,12H2,1H3,(H,23,25)/t17-/m1/s1. The average Bonchev–Trinajstić information content (AvgIpc) is 3.02. The maximum absolute atomic E-state index is 12.9. The molecule has 132 valence electrons. The summed E-state index contributed by atoms with van der Waals surface area (Å²) in [5.74, 6) is 1.19. The van der Waals surface area contributed by atoms with E-state index >= 15 is 0 Å². The van der Waals surface area contributed by atoms with Gasteiger partial charge in [0.1, 0.15) is 24.0 Å². The van der Waals surface area contributed by atoms with E-state index in [1.807, 2.05) is 31.3 Å². The molecule has 1 atom stereocenters. The van der Waals surface area contributed by atoms with Gasteiger partial charge in [0.15, 0.2) is 0 Å². The van der Waals surface area contributed by atoms with Gasteiger partial charge in [-0.25, -0.2) is 4.39 Å². The number of aryl methyl sites for hydroxylation is 1. The van der Waals surface area contributed by atoms with Crippen LogP contribution in [0.25, 0.3) is 0 Å². The topological polar surface area (TPSA) is 56.2 Å². The fraction of sp³-hybridized carbons (Fsp3) is 0.200. The molecule has 0 fully saturated rings. The van der Waals surface area contributed by atoms with Crippen molar-refractivity contribution in [2.75, 3.05) is 5.32 Å². The van der Waals surface area contributed by atoms with Crippen LogP contribution in [-0.4, -0.2) is 15.7 Å². The van der Waals surface area contributed by atoms with Gasteiger partial charge < -0.3 is 10.1 Å². The Morgan fingerprint density at radius 3 is 2.65 bits per heavy atom. The van der Waals surface area contributed by atoms with E-state index in [0.29, 0.717) is 13.0 Å². The molecule has 0 radical (unpaired) electrons. The Bertz CT molecular complexity index is 933. The number of carbonyl (C=O) groups excluding carboxylic acids is 1. The highest BCUT2D eigenvalue weighted by Crippen LogP contribution is 2.37. The first kappa shape index (κ1) is 16.3. The molecule has 1 aliphatic rings. The molecule has 3 aromatic rings. The Balaban J connectivity index is 1.49. The molecule has 2 aromatic carbocycles. The molecule has 1 N–H and O–H groups in total. The van der Waals surface area contributed by atoms with Gasteiger partial charge in [-0.05, 0) is 35.4 Å². The number of fused-ring (bicyclic) bond motifs is 1. The number of nitrogens with zero attached hydrogens (tertiary/aromatic N) is 2. The first-order chi connectivity index (χ1) is 12.6. The van der Waals surface area contributed by atoms with Crippen molar-refractivity contribution in [1.82, 2.24) is 9.78 Å². The first-order valence-electron chi connectivity index (χ1n) is 8.39. The lowest BCUT2D eigenvalue weighted by Crippen LogP contribution is -2.24. The van der Waals surface area contributed by atoms with Crippen molar-refractivity contribution in [2.45, 2.75) is 18.9 Å². The average molecular weight is 351 g/mol. The van der Waals surface area contributed by atoms with Crippen molar-refractivity contribution in [1.29, 1.82) is 0 Å². The molecule has 0 bridgehead atoms. The van der Waals surface area contributed by atoms with E-state index in [-0.39, 0.29) is 17.6 Å². The van der Waals surface area contributed by atoms with Crippen LogP contribution >= 0.6 is 0 Å². The van der Waals surface area contributed by atoms with Crippen molar-refractivity contribution >= 4 is 11.7 Å². The van der Waals surface area contributed by atoms with Crippen LogP contribution in [0.1, 0.15) is 29.0 Å². The number of anilines is 1. The predicted molar refractivity (Wildman–Crippen MR) is 95.5 cm³/mol. The second-order valence-electron chi connectivity index (χ2n) is 6.36. The number of halogens is 1. The van der Waals surface area contributed by atoms with Gasteiger partial charge in [-0.15, -0.1) is 0 Å². The van der Waals surface area contributed by atoms with Crippen molar-refractivity contribution in [3.8, 4) is 5.75 Å². The molecule has 0 saturated heterocycles. The third-order valence-electron chi connectivity index (χ3n) is 4.59. The minimum Gasteiger partial charge on any atom is -0.489 e. The Morgan fingerprint density at radius 2 is 1.92 bits per heavy atom. The van der Waals surface area contributed by atoms with Crippen molar-refractivity contribution in [3.63, 3.8) is 0 Å². The fourth-order valence-electron chi connectivity index (χ4n) is 3.18. The van der Waals surface area contributed by atoms with Crippen molar-refractivity contribution in [3.05, 3.63) is 77.2 Å². The van der Waals surface area contributed by atoms with E-state index in [1.54, 1.807) is 23.0 Å². The van der Waals surface area contributed by atoms with Gasteiger partial charge in [-0.1, -0.05) is 24.3 Å². The Morgan fingerprint density at radius 1 is 1.19 bits per heavy atom. The van der Waals surface area contributed by atoms with E-state index in [0.717, 1.165) is 28.3 Å². The van der Waals surface area contributed by atoms with Crippen LogP contribution < -0.4 is 10.1 Å². The van der Waals surface area contributed by atoms with Crippen LogP contribution in [0.5, 0.6) is 5.75 Å². The zero-order valence-corrected chi connectivity index (χ0v) is 14.3. The van der Waals surface area contributed by atoms with E-state index in [9.17, 15) is 9.18 Å². The summed E-state index contributed by atoms with van der Waals surface area (Å²) in [5.41, 5.74) is 2.97. The molecule has 0 unspecified atom stereocenters. The Labute approximate surface area is 150 Å². The highest BCUT2D eigenvalue weighted by Gasteiger charge is 2.29. The summed E-state index contributed by atoms with van der Waals surface area (Å²) in [6.07, 6.45) is 2.20. The monoisotopic (exact) mass is 351 g/mol. The van der Waals surface area contributed by atoms with E-state index < -0.39 is 0 Å². The van der Waals surface area contributed by atoms with Crippen LogP contribution in [0.3, 0.4) is 0 Å². The largest absolute Gasteiger partial charge is 0.489 e. The maximum Gasteiger partial charge on any atom is 0.226 e. The lowest BCUT2D eigenvalue weighted by Gasteiger charge is -2.23. The normalized spacial score (nSPS) is 16.1. The van der Waals surface area contributed by atoms with E-state index in [1.165, 1.54) is 12.1 Å². The highest BCUT2D eigenvalue weighted by atomic mass is 19.1. The number of nitrogens with one attached hydrogen (secondary N) is 1. The predicted octanol–water partition coefficient (Wildman–Crippen LogP) is 3.61. The smallest absolute Gasteiger partial charge is 0.226 e. The molecular formula is C20H18FN3O2. The first-order valence-corrected chi connectivity index (χ1v) is 8.39. The molecule has 1 amide bonds. The quantitative estimate of drug-likeness (QED) is 0.781. The molecule has 0 saturated carbocycles. The second-order valence-corrected chi connectivity index (χ2v) is 6.36. The Hall–Kier alpha value is -3.15. The minimum atomic E-state index is -0.260. The van der Waals surface area contributed by atoms with Crippen LogP contribution in [-0.2, 0) is 18.4 Å². The molecule has 26 heavy (non-hydrogen) atoms. The summed E-state index contributed by atoms with van der Waals surface area (Å²) in [4.78, 5) is 12.0. The second kappa shape index (κ2) is 6.63. The van der Waals surface area contributed by atoms with Crippen molar-refractivity contribution < 1.29 is 13.9 Å². The van der Waals surface area contributed by atoms with Gasteiger partial charge in [0, 0.05) is 24.9 Å². The summed E-state index contributed by atoms with van der Waals surface area (Å²) in [6.45, 7) is 0.373. The van der Waals surface area contributed by atoms with E-state index in [4.69, 9.17) is 4.74 Å². The van der Waals surface area contributed by atoms with Gasteiger partial charge in [-0.2, -0.15) is 5.10 Å². The van der Waals surface area contributed by atoms with Gasteiger partial charge in [-0.3, -0.25) is 9.48 Å². The minimum absolute atomic E-state index is 0.0114.